The number of hydrogen-bond acceptors (Lipinski definition) is 5. The summed E-state index contributed by atoms with van der Waals surface area (Å²) in [4.78, 5) is 20.0. The predicted molar refractivity (Wildman–Crippen MR) is 130 cm³/mol. The molecule has 0 N–H and O–H groups in total. The van der Waals surface area contributed by atoms with Crippen LogP contribution >= 0.6 is 0 Å². The number of carbonyl (C=O) groups excluding carboxylic acids is 1. The van der Waals surface area contributed by atoms with Crippen LogP contribution in [0, 0.1) is 13.8 Å². The third-order valence-corrected chi connectivity index (χ3v) is 5.68. The van der Waals surface area contributed by atoms with Crippen molar-refractivity contribution in [3.63, 3.8) is 0 Å². The van der Waals surface area contributed by atoms with Gasteiger partial charge in [0.05, 0.1) is 27.0 Å². The van der Waals surface area contributed by atoms with E-state index in [0.717, 1.165) is 27.9 Å². The highest BCUT2D eigenvalue weighted by atomic mass is 16.5. The van der Waals surface area contributed by atoms with Gasteiger partial charge in [0.2, 0.25) is 0 Å². The Morgan fingerprint density at radius 1 is 0.788 bits per heavy atom. The Labute approximate surface area is 193 Å². The van der Waals surface area contributed by atoms with Crippen molar-refractivity contribution in [3.05, 3.63) is 88.6 Å². The van der Waals surface area contributed by atoms with Crippen molar-refractivity contribution in [3.8, 4) is 17.2 Å². The molecule has 168 valence electrons. The number of aliphatic imine (C=N–C) groups is 1. The summed E-state index contributed by atoms with van der Waals surface area (Å²) >= 11 is 0. The second kappa shape index (κ2) is 9.20. The number of rotatable bonds is 6. The Bertz CT molecular complexity index is 1280. The molecule has 0 saturated carbocycles. The lowest BCUT2D eigenvalue weighted by Crippen LogP contribution is -2.32. The van der Waals surface area contributed by atoms with Crippen molar-refractivity contribution >= 4 is 23.5 Å². The van der Waals surface area contributed by atoms with E-state index in [-0.39, 0.29) is 5.91 Å². The number of ether oxygens (including phenoxy) is 3. The summed E-state index contributed by atoms with van der Waals surface area (Å²) in [6.07, 6.45) is 1.75. The second-order valence-electron chi connectivity index (χ2n) is 7.69. The van der Waals surface area contributed by atoms with Gasteiger partial charge in [-0.15, -0.1) is 0 Å². The van der Waals surface area contributed by atoms with E-state index in [1.807, 2.05) is 74.5 Å². The molecule has 0 radical (unpaired) electrons. The first-order valence-corrected chi connectivity index (χ1v) is 10.5. The van der Waals surface area contributed by atoms with Crippen LogP contribution in [0.5, 0.6) is 17.2 Å². The number of anilines is 1. The second-order valence-corrected chi connectivity index (χ2v) is 7.69. The van der Waals surface area contributed by atoms with E-state index in [1.54, 1.807) is 32.3 Å². The third-order valence-electron chi connectivity index (χ3n) is 5.68. The van der Waals surface area contributed by atoms with E-state index in [0.29, 0.717) is 28.8 Å². The van der Waals surface area contributed by atoms with Crippen LogP contribution in [0.1, 0.15) is 22.3 Å². The highest BCUT2D eigenvalue weighted by Gasteiger charge is 2.33. The van der Waals surface area contributed by atoms with E-state index in [2.05, 4.69) is 0 Å². The van der Waals surface area contributed by atoms with Crippen molar-refractivity contribution in [2.75, 3.05) is 26.2 Å². The molecule has 4 rings (SSSR count). The van der Waals surface area contributed by atoms with Gasteiger partial charge in [0.25, 0.3) is 5.91 Å². The van der Waals surface area contributed by atoms with Crippen LogP contribution in [0.4, 0.5) is 5.69 Å². The molecule has 0 aliphatic carbocycles. The van der Waals surface area contributed by atoms with Crippen molar-refractivity contribution in [1.82, 2.24) is 0 Å². The fraction of sp³-hybridized carbons (Fsp3) is 0.185. The highest BCUT2D eigenvalue weighted by molar-refractivity contribution is 6.33. The van der Waals surface area contributed by atoms with Gasteiger partial charge in [0.15, 0.2) is 11.5 Å². The number of para-hydroxylation sites is 1. The quantitative estimate of drug-likeness (QED) is 0.495. The summed E-state index contributed by atoms with van der Waals surface area (Å²) in [5.74, 6) is 2.14. The molecular formula is C27H26N2O4. The zero-order chi connectivity index (χ0) is 23.5. The minimum Gasteiger partial charge on any atom is -0.496 e. The standard InChI is InChI=1S/C27H26N2O4/c1-17-10-12-21(14-18(17)2)29-26(20-11-13-24(32-4)25(16-20)33-5)28-22(27(29)30)15-19-8-6-7-9-23(19)31-3/h6-16H,1-5H3. The maximum atomic E-state index is 13.6. The first kappa shape index (κ1) is 22.1. The average molecular weight is 443 g/mol. The van der Waals surface area contributed by atoms with Crippen molar-refractivity contribution in [1.29, 1.82) is 0 Å². The molecule has 3 aromatic carbocycles. The first-order chi connectivity index (χ1) is 16.0. The molecule has 1 aliphatic heterocycles. The van der Waals surface area contributed by atoms with Gasteiger partial charge in [0.1, 0.15) is 17.3 Å². The van der Waals surface area contributed by atoms with Crippen LogP contribution in [0.25, 0.3) is 6.08 Å². The Morgan fingerprint density at radius 3 is 2.21 bits per heavy atom. The van der Waals surface area contributed by atoms with Gasteiger partial charge in [-0.25, -0.2) is 4.99 Å². The first-order valence-electron chi connectivity index (χ1n) is 10.5. The Kier molecular flexibility index (Phi) is 6.18. The lowest BCUT2D eigenvalue weighted by Gasteiger charge is -2.20. The zero-order valence-electron chi connectivity index (χ0n) is 19.4. The molecule has 0 fully saturated rings. The van der Waals surface area contributed by atoms with Crippen LogP contribution in [0.3, 0.4) is 0 Å². The number of amides is 1. The number of carbonyl (C=O) groups is 1. The van der Waals surface area contributed by atoms with Crippen LogP contribution in [0.2, 0.25) is 0 Å². The molecule has 6 nitrogen and oxygen atoms in total. The van der Waals surface area contributed by atoms with E-state index >= 15 is 0 Å². The van der Waals surface area contributed by atoms with Crippen molar-refractivity contribution in [2.45, 2.75) is 13.8 Å². The molecule has 0 aromatic heterocycles. The van der Waals surface area contributed by atoms with Gasteiger partial charge in [-0.05, 0) is 67.4 Å². The van der Waals surface area contributed by atoms with E-state index in [1.165, 1.54) is 0 Å². The lowest BCUT2D eigenvalue weighted by molar-refractivity contribution is -0.113. The monoisotopic (exact) mass is 442 g/mol. The highest BCUT2D eigenvalue weighted by Crippen LogP contribution is 2.34. The number of amidine groups is 1. The molecule has 0 unspecified atom stereocenters. The molecule has 1 heterocycles. The zero-order valence-corrected chi connectivity index (χ0v) is 19.4. The summed E-state index contributed by atoms with van der Waals surface area (Å²) in [5, 5.41) is 0. The molecular weight excluding hydrogens is 416 g/mol. The molecule has 6 heteroatoms. The largest absolute Gasteiger partial charge is 0.496 e. The Morgan fingerprint density at radius 2 is 1.52 bits per heavy atom. The molecule has 3 aromatic rings. The number of nitrogens with zero attached hydrogens (tertiary/aromatic N) is 2. The number of hydrogen-bond donors (Lipinski definition) is 0. The van der Waals surface area contributed by atoms with Crippen LogP contribution in [0.15, 0.2) is 71.4 Å². The minimum absolute atomic E-state index is 0.214. The summed E-state index contributed by atoms with van der Waals surface area (Å²) < 4.78 is 16.3. The number of aryl methyl sites for hydroxylation is 2. The van der Waals surface area contributed by atoms with E-state index in [4.69, 9.17) is 19.2 Å². The van der Waals surface area contributed by atoms with Crippen molar-refractivity contribution in [2.24, 2.45) is 4.99 Å². The average Bonchev–Trinajstić information content (AvgIpc) is 3.16. The van der Waals surface area contributed by atoms with Crippen LogP contribution in [-0.4, -0.2) is 33.1 Å². The maximum absolute atomic E-state index is 13.6. The lowest BCUT2D eigenvalue weighted by atomic mass is 10.1. The van der Waals surface area contributed by atoms with Crippen molar-refractivity contribution < 1.29 is 19.0 Å². The van der Waals surface area contributed by atoms with E-state index in [9.17, 15) is 4.79 Å². The fourth-order valence-corrected chi connectivity index (χ4v) is 3.72. The summed E-state index contributed by atoms with van der Waals surface area (Å²) in [5.41, 5.74) is 4.83. The maximum Gasteiger partial charge on any atom is 0.282 e. The fourth-order valence-electron chi connectivity index (χ4n) is 3.72. The van der Waals surface area contributed by atoms with Gasteiger partial charge in [-0.1, -0.05) is 24.3 Å². The molecule has 1 amide bonds. The number of benzene rings is 3. The van der Waals surface area contributed by atoms with Gasteiger partial charge in [0, 0.05) is 11.1 Å². The summed E-state index contributed by atoms with van der Waals surface area (Å²) in [7, 11) is 4.77. The minimum atomic E-state index is -0.214. The van der Waals surface area contributed by atoms with Crippen LogP contribution in [-0.2, 0) is 4.79 Å². The predicted octanol–water partition coefficient (Wildman–Crippen LogP) is 5.16. The number of methoxy groups -OCH3 is 3. The van der Waals surface area contributed by atoms with Gasteiger partial charge >= 0.3 is 0 Å². The third kappa shape index (κ3) is 4.20. The van der Waals surface area contributed by atoms with Crippen LogP contribution < -0.4 is 19.1 Å². The normalized spacial score (nSPS) is 14.5. The summed E-state index contributed by atoms with van der Waals surface area (Å²) in [6.45, 7) is 4.07. The molecule has 33 heavy (non-hydrogen) atoms. The summed E-state index contributed by atoms with van der Waals surface area (Å²) in [6, 6.07) is 19.0. The Hall–Kier alpha value is -4.06. The molecule has 0 bridgehead atoms. The molecule has 0 atom stereocenters. The SMILES string of the molecule is COc1ccccc1C=C1N=C(c2ccc(OC)c(OC)c2)N(c2ccc(C)c(C)c2)C1=O. The Balaban J connectivity index is 1.88. The topological polar surface area (TPSA) is 60.4 Å². The molecule has 1 aliphatic rings. The van der Waals surface area contributed by atoms with Gasteiger partial charge in [-0.2, -0.15) is 0 Å². The smallest absolute Gasteiger partial charge is 0.282 e. The van der Waals surface area contributed by atoms with E-state index < -0.39 is 0 Å². The molecule has 0 saturated heterocycles. The molecule has 0 spiro atoms. The van der Waals surface area contributed by atoms with Gasteiger partial charge in [-0.3, -0.25) is 9.69 Å². The van der Waals surface area contributed by atoms with Gasteiger partial charge < -0.3 is 14.2 Å².